The second-order valence-corrected chi connectivity index (χ2v) is 10.1. The predicted octanol–water partition coefficient (Wildman–Crippen LogP) is 1.34. The van der Waals surface area contributed by atoms with E-state index < -0.39 is 21.8 Å². The largest absolute Gasteiger partial charge is 0.497 e. The number of methoxy groups -OCH3 is 1. The third-order valence-corrected chi connectivity index (χ3v) is 6.98. The summed E-state index contributed by atoms with van der Waals surface area (Å²) in [7, 11) is 1.54. The minimum Gasteiger partial charge on any atom is -0.497 e. The van der Waals surface area contributed by atoms with E-state index in [1.165, 1.54) is 13.2 Å². The molecule has 35 heavy (non-hydrogen) atoms. The maximum absolute atomic E-state index is 12.6. The lowest BCUT2D eigenvalue weighted by atomic mass is 10.2. The lowest BCUT2D eigenvalue weighted by Gasteiger charge is -2.13. The van der Waals surface area contributed by atoms with Crippen LogP contribution in [-0.2, 0) is 26.2 Å². The van der Waals surface area contributed by atoms with Crippen molar-refractivity contribution in [1.29, 1.82) is 0 Å². The van der Waals surface area contributed by atoms with Crippen molar-refractivity contribution >= 4 is 39.1 Å². The molecule has 0 aromatic heterocycles. The Bertz CT molecular complexity index is 1100. The van der Waals surface area contributed by atoms with Gasteiger partial charge in [0.05, 0.1) is 12.1 Å². The van der Waals surface area contributed by atoms with E-state index in [-0.39, 0.29) is 29.6 Å². The molecule has 0 spiro atoms. The van der Waals surface area contributed by atoms with Gasteiger partial charge in [0.15, 0.2) is 0 Å². The van der Waals surface area contributed by atoms with Crippen molar-refractivity contribution in [2.75, 3.05) is 52.7 Å². The number of rotatable bonds is 12. The number of benzene rings is 2. The van der Waals surface area contributed by atoms with Crippen molar-refractivity contribution < 1.29 is 22.7 Å². The topological polar surface area (TPSA) is 129 Å². The molecular formula is C23H32ClN5O5S. The maximum Gasteiger partial charge on any atom is 0.309 e. The van der Waals surface area contributed by atoms with E-state index in [4.69, 9.17) is 16.3 Å². The fraction of sp³-hybridized carbons (Fsp3) is 0.391. The number of ether oxygens (including phenoxy) is 1. The summed E-state index contributed by atoms with van der Waals surface area (Å²) in [4.78, 5) is 26.1. The first-order valence-corrected chi connectivity index (χ1v) is 12.8. The molecule has 4 N–H and O–H groups in total. The van der Waals surface area contributed by atoms with Crippen LogP contribution in [0.15, 0.2) is 41.3 Å². The van der Waals surface area contributed by atoms with Gasteiger partial charge in [-0.25, -0.2) is 13.1 Å². The standard InChI is InChI=1S/C23H32ClN5O5S/c1-16-13-19(34-4)14-20(24)21(16)35(32,33)28-10-9-26-22(30)23(31)27-15-17-5-7-18(8-6-17)25-11-12-29(2)3/h5-8,13-14,25,28H,9-12,15H2,1-4H3,(H,26,30)(H,27,31). The quantitative estimate of drug-likeness (QED) is 0.243. The van der Waals surface area contributed by atoms with E-state index in [0.717, 1.165) is 24.3 Å². The van der Waals surface area contributed by atoms with Gasteiger partial charge in [0.1, 0.15) is 10.6 Å². The highest BCUT2D eigenvalue weighted by Gasteiger charge is 2.21. The van der Waals surface area contributed by atoms with Gasteiger partial charge in [0, 0.05) is 44.5 Å². The molecule has 0 aliphatic heterocycles. The molecular weight excluding hydrogens is 494 g/mol. The van der Waals surface area contributed by atoms with Crippen molar-refractivity contribution in [3.05, 3.63) is 52.5 Å². The van der Waals surface area contributed by atoms with Gasteiger partial charge in [0.25, 0.3) is 0 Å². The Morgan fingerprint density at radius 3 is 2.26 bits per heavy atom. The number of carbonyl (C=O) groups excluding carboxylic acids is 2. The molecule has 192 valence electrons. The predicted molar refractivity (Wildman–Crippen MR) is 136 cm³/mol. The van der Waals surface area contributed by atoms with Gasteiger partial charge in [-0.1, -0.05) is 23.7 Å². The van der Waals surface area contributed by atoms with Crippen molar-refractivity contribution in [3.63, 3.8) is 0 Å². The molecule has 0 bridgehead atoms. The highest BCUT2D eigenvalue weighted by molar-refractivity contribution is 7.89. The Morgan fingerprint density at radius 1 is 1.00 bits per heavy atom. The number of amides is 2. The highest BCUT2D eigenvalue weighted by Crippen LogP contribution is 2.29. The number of hydrogen-bond donors (Lipinski definition) is 4. The number of nitrogens with one attached hydrogen (secondary N) is 4. The molecule has 0 saturated heterocycles. The lowest BCUT2D eigenvalue weighted by Crippen LogP contribution is -2.42. The Balaban J connectivity index is 1.76. The van der Waals surface area contributed by atoms with Crippen LogP contribution in [0.1, 0.15) is 11.1 Å². The minimum absolute atomic E-state index is 0.0233. The smallest absolute Gasteiger partial charge is 0.309 e. The van der Waals surface area contributed by atoms with E-state index in [1.54, 1.807) is 13.0 Å². The third kappa shape index (κ3) is 9.02. The van der Waals surface area contributed by atoms with Crippen LogP contribution in [0, 0.1) is 6.92 Å². The van der Waals surface area contributed by atoms with Crippen molar-refractivity contribution in [2.45, 2.75) is 18.4 Å². The molecule has 0 unspecified atom stereocenters. The lowest BCUT2D eigenvalue weighted by molar-refractivity contribution is -0.139. The van der Waals surface area contributed by atoms with E-state index in [2.05, 4.69) is 25.6 Å². The summed E-state index contributed by atoms with van der Waals surface area (Å²) >= 11 is 6.10. The van der Waals surface area contributed by atoms with Crippen molar-refractivity contribution in [1.82, 2.24) is 20.3 Å². The van der Waals surface area contributed by atoms with Crippen LogP contribution >= 0.6 is 11.6 Å². The van der Waals surface area contributed by atoms with Crippen molar-refractivity contribution in [3.8, 4) is 5.75 Å². The van der Waals surface area contributed by atoms with E-state index in [1.807, 2.05) is 38.4 Å². The summed E-state index contributed by atoms with van der Waals surface area (Å²) in [5.74, 6) is -1.22. The van der Waals surface area contributed by atoms with E-state index >= 15 is 0 Å². The van der Waals surface area contributed by atoms with Gasteiger partial charge in [-0.3, -0.25) is 9.59 Å². The molecule has 12 heteroatoms. The van der Waals surface area contributed by atoms with Crippen LogP contribution in [0.3, 0.4) is 0 Å². The second-order valence-electron chi connectivity index (χ2n) is 8.02. The van der Waals surface area contributed by atoms with Crippen LogP contribution in [0.25, 0.3) is 0 Å². The summed E-state index contributed by atoms with van der Waals surface area (Å²) in [6.07, 6.45) is 0. The molecule has 0 aliphatic rings. The Kier molecular flexibility index (Phi) is 10.8. The molecule has 0 aliphatic carbocycles. The van der Waals surface area contributed by atoms with Crippen LogP contribution < -0.4 is 25.4 Å². The average Bonchev–Trinajstić information content (AvgIpc) is 2.80. The van der Waals surface area contributed by atoms with Gasteiger partial charge < -0.3 is 25.6 Å². The van der Waals surface area contributed by atoms with Crippen molar-refractivity contribution in [2.24, 2.45) is 0 Å². The Labute approximate surface area is 211 Å². The number of hydrogen-bond acceptors (Lipinski definition) is 7. The SMILES string of the molecule is COc1cc(C)c(S(=O)(=O)NCCNC(=O)C(=O)NCc2ccc(NCCN(C)C)cc2)c(Cl)c1. The molecule has 2 aromatic rings. The third-order valence-electron chi connectivity index (χ3n) is 4.91. The zero-order valence-electron chi connectivity index (χ0n) is 20.3. The number of halogens is 1. The van der Waals surface area contributed by atoms with Gasteiger partial charge in [-0.15, -0.1) is 0 Å². The fourth-order valence-electron chi connectivity index (χ4n) is 3.10. The number of aryl methyl sites for hydroxylation is 1. The first kappa shape index (κ1) is 28.4. The summed E-state index contributed by atoms with van der Waals surface area (Å²) in [5.41, 5.74) is 2.22. The van der Waals surface area contributed by atoms with Gasteiger partial charge >= 0.3 is 11.8 Å². The number of anilines is 1. The van der Waals surface area contributed by atoms with Crippen LogP contribution in [0.5, 0.6) is 5.75 Å². The average molecular weight is 526 g/mol. The molecule has 0 radical (unpaired) electrons. The molecule has 0 fully saturated rings. The molecule has 10 nitrogen and oxygen atoms in total. The molecule has 2 aromatic carbocycles. The summed E-state index contributed by atoms with van der Waals surface area (Å²) in [5, 5.41) is 8.24. The monoisotopic (exact) mass is 525 g/mol. The van der Waals surface area contributed by atoms with Crippen LogP contribution in [0.2, 0.25) is 5.02 Å². The Hall–Kier alpha value is -2.86. The summed E-state index contributed by atoms with van der Waals surface area (Å²) in [6, 6.07) is 10.5. The molecule has 2 rings (SSSR count). The zero-order chi connectivity index (χ0) is 26.0. The van der Waals surface area contributed by atoms with Crippen LogP contribution in [0.4, 0.5) is 5.69 Å². The molecule has 2 amide bonds. The Morgan fingerprint density at radius 2 is 1.66 bits per heavy atom. The first-order valence-electron chi connectivity index (χ1n) is 10.9. The number of nitrogens with zero attached hydrogens (tertiary/aromatic N) is 1. The number of carbonyl (C=O) groups is 2. The molecule has 0 saturated carbocycles. The van der Waals surface area contributed by atoms with Gasteiger partial charge in [-0.2, -0.15) is 0 Å². The first-order chi connectivity index (χ1) is 16.5. The molecule has 0 atom stereocenters. The molecule has 0 heterocycles. The van der Waals surface area contributed by atoms with Crippen LogP contribution in [-0.4, -0.2) is 72.5 Å². The minimum atomic E-state index is -3.92. The number of sulfonamides is 1. The summed E-state index contributed by atoms with van der Waals surface area (Å²) in [6.45, 7) is 3.31. The second kappa shape index (κ2) is 13.3. The summed E-state index contributed by atoms with van der Waals surface area (Å²) < 4.78 is 32.6. The van der Waals surface area contributed by atoms with E-state index in [9.17, 15) is 18.0 Å². The van der Waals surface area contributed by atoms with Gasteiger partial charge in [-0.05, 0) is 50.3 Å². The maximum atomic E-state index is 12.6. The normalized spacial score (nSPS) is 11.3. The number of likely N-dealkylation sites (N-methyl/N-ethyl adjacent to an activating group) is 1. The van der Waals surface area contributed by atoms with E-state index in [0.29, 0.717) is 11.3 Å². The zero-order valence-corrected chi connectivity index (χ0v) is 21.8. The van der Waals surface area contributed by atoms with Gasteiger partial charge in [0.2, 0.25) is 10.0 Å². The highest BCUT2D eigenvalue weighted by atomic mass is 35.5. The fourth-order valence-corrected chi connectivity index (χ4v) is 4.97.